The number of aryl methyl sites for hydroxylation is 1. The second-order valence-corrected chi connectivity index (χ2v) is 9.94. The minimum absolute atomic E-state index is 0.0259. The number of fused-ring (bicyclic) bond motifs is 2. The molecule has 0 saturated carbocycles. The Bertz CT molecular complexity index is 1040. The summed E-state index contributed by atoms with van der Waals surface area (Å²) >= 11 is 3.00. The molecule has 1 spiro atoms. The molecule has 2 saturated heterocycles. The molecule has 1 aliphatic carbocycles. The monoisotopic (exact) mass is 458 g/mol. The summed E-state index contributed by atoms with van der Waals surface area (Å²) in [7, 11) is 0. The molecule has 0 radical (unpaired) electrons. The van der Waals surface area contributed by atoms with Crippen LogP contribution in [0.3, 0.4) is 0 Å². The molecule has 2 aromatic heterocycles. The normalized spacial score (nSPS) is 23.3. The lowest BCUT2D eigenvalue weighted by Crippen LogP contribution is -2.53. The van der Waals surface area contributed by atoms with E-state index in [1.165, 1.54) is 11.3 Å². The number of amides is 5. The van der Waals surface area contributed by atoms with E-state index in [0.29, 0.717) is 37.5 Å². The Morgan fingerprint density at radius 3 is 2.55 bits per heavy atom. The number of thiophene rings is 2. The highest BCUT2D eigenvalue weighted by atomic mass is 32.1. The fraction of sp³-hybridized carbons (Fsp3) is 0.429. The van der Waals surface area contributed by atoms with Gasteiger partial charge in [0.05, 0.1) is 4.88 Å². The van der Waals surface area contributed by atoms with Crippen LogP contribution >= 0.6 is 22.7 Å². The first-order valence-electron chi connectivity index (χ1n) is 10.3. The van der Waals surface area contributed by atoms with Gasteiger partial charge in [0.2, 0.25) is 5.91 Å². The molecule has 2 fully saturated rings. The van der Waals surface area contributed by atoms with Gasteiger partial charge < -0.3 is 15.1 Å². The molecule has 4 heterocycles. The molecule has 0 bridgehead atoms. The van der Waals surface area contributed by atoms with Gasteiger partial charge in [-0.2, -0.15) is 0 Å². The van der Waals surface area contributed by atoms with Gasteiger partial charge in [-0.15, -0.1) is 22.7 Å². The number of nitrogens with one attached hydrogen (secondary N) is 1. The molecule has 5 amide bonds. The van der Waals surface area contributed by atoms with Crippen molar-refractivity contribution in [1.82, 2.24) is 20.0 Å². The van der Waals surface area contributed by atoms with Crippen molar-refractivity contribution in [3.05, 3.63) is 44.3 Å². The van der Waals surface area contributed by atoms with Crippen molar-refractivity contribution in [2.45, 2.75) is 24.8 Å². The van der Waals surface area contributed by atoms with Gasteiger partial charge in [-0.25, -0.2) is 4.79 Å². The Kier molecular flexibility index (Phi) is 5.05. The van der Waals surface area contributed by atoms with Crippen LogP contribution < -0.4 is 5.32 Å². The standard InChI is InChI=1S/C21H22N4O4S2/c26-17(23-7-9-24(10-8-23)18(27)16-4-2-11-30-16)13-25-19(28)21(22-20(25)29)6-1-3-15-14(21)5-12-31-15/h2,4-5,11-12H,1,3,6-10,13H2,(H,22,29). The summed E-state index contributed by atoms with van der Waals surface area (Å²) in [6.45, 7) is 1.37. The highest BCUT2D eigenvalue weighted by Gasteiger charge is 2.54. The Hall–Kier alpha value is -2.72. The third kappa shape index (κ3) is 3.34. The SMILES string of the molecule is O=C(CN1C(=O)NC2(CCCc3sccc32)C1=O)N1CCN(C(=O)c2cccs2)CC1. The summed E-state index contributed by atoms with van der Waals surface area (Å²) in [5, 5.41) is 6.69. The summed E-state index contributed by atoms with van der Waals surface area (Å²) in [6, 6.07) is 5.03. The number of nitrogens with zero attached hydrogens (tertiary/aromatic N) is 3. The fourth-order valence-electron chi connectivity index (χ4n) is 4.64. The first kappa shape index (κ1) is 20.2. The minimum atomic E-state index is -1.03. The van der Waals surface area contributed by atoms with Gasteiger partial charge in [0, 0.05) is 36.6 Å². The van der Waals surface area contributed by atoms with E-state index >= 15 is 0 Å². The third-order valence-corrected chi connectivity index (χ3v) is 8.12. The highest BCUT2D eigenvalue weighted by Crippen LogP contribution is 2.42. The van der Waals surface area contributed by atoms with Crippen LogP contribution in [0.5, 0.6) is 0 Å². The Labute approximate surface area is 187 Å². The zero-order valence-corrected chi connectivity index (χ0v) is 18.5. The number of imide groups is 1. The molecular weight excluding hydrogens is 436 g/mol. The van der Waals surface area contributed by atoms with Gasteiger partial charge in [-0.05, 0) is 42.2 Å². The summed E-state index contributed by atoms with van der Waals surface area (Å²) in [6.07, 6.45) is 2.28. The highest BCUT2D eigenvalue weighted by molar-refractivity contribution is 7.12. The maximum Gasteiger partial charge on any atom is 0.325 e. The molecular formula is C21H22N4O4S2. The zero-order valence-electron chi connectivity index (χ0n) is 16.8. The molecule has 10 heteroatoms. The van der Waals surface area contributed by atoms with Crippen molar-refractivity contribution in [3.8, 4) is 0 Å². The summed E-state index contributed by atoms with van der Waals surface area (Å²) in [5.74, 6) is -0.635. The van der Waals surface area contributed by atoms with Crippen LogP contribution in [0.4, 0.5) is 4.79 Å². The number of hydrogen-bond donors (Lipinski definition) is 1. The number of hydrogen-bond acceptors (Lipinski definition) is 6. The molecule has 8 nitrogen and oxygen atoms in total. The molecule has 3 aliphatic rings. The molecule has 0 aromatic carbocycles. The quantitative estimate of drug-likeness (QED) is 0.711. The van der Waals surface area contributed by atoms with Crippen LogP contribution in [0, 0.1) is 0 Å². The second kappa shape index (κ2) is 7.76. The smallest absolute Gasteiger partial charge is 0.325 e. The zero-order chi connectivity index (χ0) is 21.6. The van der Waals surface area contributed by atoms with Crippen molar-refractivity contribution < 1.29 is 19.2 Å². The topological polar surface area (TPSA) is 90.0 Å². The lowest BCUT2D eigenvalue weighted by Gasteiger charge is -2.35. The van der Waals surface area contributed by atoms with E-state index in [4.69, 9.17) is 0 Å². The molecule has 31 heavy (non-hydrogen) atoms. The van der Waals surface area contributed by atoms with Crippen LogP contribution in [0.25, 0.3) is 0 Å². The number of piperazine rings is 1. The van der Waals surface area contributed by atoms with E-state index in [0.717, 1.165) is 28.2 Å². The van der Waals surface area contributed by atoms with Crippen LogP contribution in [-0.4, -0.2) is 71.2 Å². The van der Waals surface area contributed by atoms with E-state index in [2.05, 4.69) is 5.32 Å². The van der Waals surface area contributed by atoms with E-state index < -0.39 is 11.6 Å². The molecule has 1 atom stereocenters. The maximum absolute atomic E-state index is 13.3. The molecule has 1 unspecified atom stereocenters. The van der Waals surface area contributed by atoms with Crippen LogP contribution in [0.2, 0.25) is 0 Å². The number of urea groups is 1. The van der Waals surface area contributed by atoms with Crippen molar-refractivity contribution in [2.24, 2.45) is 0 Å². The average Bonchev–Trinajstić information content (AvgIpc) is 3.52. The van der Waals surface area contributed by atoms with Gasteiger partial charge >= 0.3 is 6.03 Å². The largest absolute Gasteiger partial charge is 0.338 e. The molecule has 2 aromatic rings. The van der Waals surface area contributed by atoms with Crippen molar-refractivity contribution >= 4 is 46.4 Å². The molecule has 1 N–H and O–H groups in total. The van der Waals surface area contributed by atoms with E-state index in [1.54, 1.807) is 27.2 Å². The predicted octanol–water partition coefficient (Wildman–Crippen LogP) is 1.88. The summed E-state index contributed by atoms with van der Waals surface area (Å²) in [4.78, 5) is 57.5. The molecule has 2 aliphatic heterocycles. The van der Waals surface area contributed by atoms with Crippen molar-refractivity contribution in [3.63, 3.8) is 0 Å². The van der Waals surface area contributed by atoms with Crippen molar-refractivity contribution in [1.29, 1.82) is 0 Å². The average molecular weight is 459 g/mol. The van der Waals surface area contributed by atoms with Gasteiger partial charge in [0.25, 0.3) is 11.8 Å². The Morgan fingerprint density at radius 1 is 1.03 bits per heavy atom. The maximum atomic E-state index is 13.3. The van der Waals surface area contributed by atoms with Gasteiger partial charge in [0.1, 0.15) is 12.1 Å². The lowest BCUT2D eigenvalue weighted by molar-refractivity contribution is -0.140. The third-order valence-electron chi connectivity index (χ3n) is 6.28. The molecule has 162 valence electrons. The Morgan fingerprint density at radius 2 is 1.81 bits per heavy atom. The van der Waals surface area contributed by atoms with Gasteiger partial charge in [-0.3, -0.25) is 19.3 Å². The minimum Gasteiger partial charge on any atom is -0.338 e. The second-order valence-electron chi connectivity index (χ2n) is 7.99. The van der Waals surface area contributed by atoms with Gasteiger partial charge in [-0.1, -0.05) is 6.07 Å². The summed E-state index contributed by atoms with van der Waals surface area (Å²) in [5.41, 5.74) is -0.158. The van der Waals surface area contributed by atoms with Gasteiger partial charge in [0.15, 0.2) is 0 Å². The number of rotatable bonds is 3. The Balaban J connectivity index is 1.23. The first-order chi connectivity index (χ1) is 15.0. The predicted molar refractivity (Wildman–Crippen MR) is 116 cm³/mol. The van der Waals surface area contributed by atoms with Crippen molar-refractivity contribution in [2.75, 3.05) is 32.7 Å². The van der Waals surface area contributed by atoms with E-state index in [1.807, 2.05) is 22.9 Å². The van der Waals surface area contributed by atoms with Crippen LogP contribution in [0.1, 0.15) is 33.0 Å². The first-order valence-corrected chi connectivity index (χ1v) is 12.1. The van der Waals surface area contributed by atoms with E-state index in [-0.39, 0.29) is 24.3 Å². The van der Waals surface area contributed by atoms with Crippen LogP contribution in [0.15, 0.2) is 29.0 Å². The lowest BCUT2D eigenvalue weighted by atomic mass is 9.80. The fourth-order valence-corrected chi connectivity index (χ4v) is 6.33. The summed E-state index contributed by atoms with van der Waals surface area (Å²) < 4.78 is 0. The number of carbonyl (C=O) groups excluding carboxylic acids is 4. The van der Waals surface area contributed by atoms with Crippen LogP contribution in [-0.2, 0) is 21.5 Å². The molecule has 5 rings (SSSR count). The number of carbonyl (C=O) groups is 4. The van der Waals surface area contributed by atoms with E-state index in [9.17, 15) is 19.2 Å².